The number of ether oxygens (including phenoxy) is 1. The van der Waals surface area contributed by atoms with Crippen LogP contribution in [0.25, 0.3) is 11.3 Å². The Labute approximate surface area is 155 Å². The molecule has 0 fully saturated rings. The molecule has 1 aliphatic heterocycles. The van der Waals surface area contributed by atoms with E-state index in [1.54, 1.807) is 48.4 Å². The molecule has 0 aliphatic carbocycles. The van der Waals surface area contributed by atoms with Crippen LogP contribution in [0, 0.1) is 5.82 Å². The second-order valence-corrected chi connectivity index (χ2v) is 6.27. The van der Waals surface area contributed by atoms with Gasteiger partial charge < -0.3 is 19.5 Å². The molecule has 1 aromatic heterocycles. The van der Waals surface area contributed by atoms with Crippen LogP contribution in [0.4, 0.5) is 14.9 Å². The summed E-state index contributed by atoms with van der Waals surface area (Å²) in [6, 6.07) is 13.1. The van der Waals surface area contributed by atoms with E-state index in [-0.39, 0.29) is 11.8 Å². The minimum absolute atomic E-state index is 0.211. The average Bonchev–Trinajstić information content (AvgIpc) is 3.12. The third-order valence-electron chi connectivity index (χ3n) is 4.55. The Morgan fingerprint density at radius 2 is 2.07 bits per heavy atom. The van der Waals surface area contributed by atoms with Crippen molar-refractivity contribution in [2.45, 2.75) is 13.0 Å². The summed E-state index contributed by atoms with van der Waals surface area (Å²) in [5.74, 6) is 1.12. The number of methoxy groups -OCH3 is 1. The summed E-state index contributed by atoms with van der Waals surface area (Å²) in [5, 5.41) is 6.97. The van der Waals surface area contributed by atoms with Crippen molar-refractivity contribution < 1.29 is 18.4 Å². The lowest BCUT2D eigenvalue weighted by atomic mass is 10.0. The molecule has 0 atom stereocenters. The van der Waals surface area contributed by atoms with Gasteiger partial charge in [-0.05, 0) is 36.4 Å². The van der Waals surface area contributed by atoms with Crippen molar-refractivity contribution in [2.24, 2.45) is 0 Å². The van der Waals surface area contributed by atoms with Gasteiger partial charge in [0.2, 0.25) is 0 Å². The van der Waals surface area contributed by atoms with Gasteiger partial charge in [0.25, 0.3) is 0 Å². The summed E-state index contributed by atoms with van der Waals surface area (Å²) in [7, 11) is 1.59. The van der Waals surface area contributed by atoms with Crippen molar-refractivity contribution in [1.82, 2.24) is 10.1 Å². The number of carbonyl (C=O) groups excluding carboxylic acids is 1. The molecule has 7 heteroatoms. The van der Waals surface area contributed by atoms with Gasteiger partial charge in [0.1, 0.15) is 23.0 Å². The first-order chi connectivity index (χ1) is 13.1. The highest BCUT2D eigenvalue weighted by atomic mass is 19.1. The van der Waals surface area contributed by atoms with E-state index in [1.807, 2.05) is 0 Å². The largest absolute Gasteiger partial charge is 0.497 e. The zero-order valence-corrected chi connectivity index (χ0v) is 14.7. The van der Waals surface area contributed by atoms with Crippen molar-refractivity contribution in [3.63, 3.8) is 0 Å². The van der Waals surface area contributed by atoms with Crippen molar-refractivity contribution in [3.8, 4) is 17.0 Å². The van der Waals surface area contributed by atoms with Crippen molar-refractivity contribution >= 4 is 11.7 Å². The number of nitrogens with one attached hydrogen (secondary N) is 1. The van der Waals surface area contributed by atoms with Gasteiger partial charge in [-0.15, -0.1) is 0 Å². The molecule has 138 valence electrons. The fraction of sp³-hybridized carbons (Fsp3) is 0.200. The van der Waals surface area contributed by atoms with E-state index in [0.29, 0.717) is 36.5 Å². The van der Waals surface area contributed by atoms with E-state index < -0.39 is 0 Å². The van der Waals surface area contributed by atoms with Gasteiger partial charge in [0.15, 0.2) is 0 Å². The Hall–Kier alpha value is -3.35. The van der Waals surface area contributed by atoms with E-state index in [4.69, 9.17) is 9.26 Å². The lowest BCUT2D eigenvalue weighted by Gasteiger charge is -2.26. The second-order valence-electron chi connectivity index (χ2n) is 6.27. The number of hydrogen-bond donors (Lipinski definition) is 1. The molecule has 1 aliphatic rings. The van der Waals surface area contributed by atoms with E-state index in [1.165, 1.54) is 12.1 Å². The lowest BCUT2D eigenvalue weighted by molar-refractivity contribution is 0.202. The average molecular weight is 367 g/mol. The predicted molar refractivity (Wildman–Crippen MR) is 98.0 cm³/mol. The molecule has 0 saturated heterocycles. The molecule has 0 unspecified atom stereocenters. The molecule has 27 heavy (non-hydrogen) atoms. The number of urea groups is 1. The standard InChI is InChI=1S/C20H18FN3O3/c1-26-16-7-5-15(6-8-16)22-20(25)24-10-9-18-17(12-24)19(23-27-18)13-3-2-4-14(21)11-13/h2-8,11H,9-10,12H2,1H3,(H,22,25). The molecular formula is C20H18FN3O3. The van der Waals surface area contributed by atoms with Crippen LogP contribution in [-0.4, -0.2) is 29.7 Å². The van der Waals surface area contributed by atoms with Gasteiger partial charge >= 0.3 is 6.03 Å². The molecule has 0 bridgehead atoms. The van der Waals surface area contributed by atoms with Crippen molar-refractivity contribution in [2.75, 3.05) is 19.0 Å². The van der Waals surface area contributed by atoms with Crippen molar-refractivity contribution in [1.29, 1.82) is 0 Å². The fourth-order valence-corrected chi connectivity index (χ4v) is 3.12. The molecule has 3 aromatic rings. The smallest absolute Gasteiger partial charge is 0.322 e. The van der Waals surface area contributed by atoms with Gasteiger partial charge in [0, 0.05) is 29.8 Å². The first kappa shape index (κ1) is 17.1. The van der Waals surface area contributed by atoms with E-state index in [9.17, 15) is 9.18 Å². The maximum absolute atomic E-state index is 13.6. The maximum Gasteiger partial charge on any atom is 0.322 e. The summed E-state index contributed by atoms with van der Waals surface area (Å²) in [4.78, 5) is 14.3. The first-order valence-electron chi connectivity index (χ1n) is 8.57. The third-order valence-corrected chi connectivity index (χ3v) is 4.55. The number of rotatable bonds is 3. The predicted octanol–water partition coefficient (Wildman–Crippen LogP) is 4.08. The summed E-state index contributed by atoms with van der Waals surface area (Å²) in [6.45, 7) is 0.874. The SMILES string of the molecule is COc1ccc(NC(=O)N2CCc3onc(-c4cccc(F)c4)c3C2)cc1. The maximum atomic E-state index is 13.6. The van der Waals surface area contributed by atoms with Crippen LogP contribution >= 0.6 is 0 Å². The molecule has 2 aromatic carbocycles. The molecular weight excluding hydrogens is 349 g/mol. The van der Waals surface area contributed by atoms with Gasteiger partial charge in [-0.1, -0.05) is 17.3 Å². The van der Waals surface area contributed by atoms with Crippen molar-refractivity contribution in [3.05, 3.63) is 65.7 Å². The second kappa shape index (κ2) is 7.11. The molecule has 0 spiro atoms. The zero-order valence-electron chi connectivity index (χ0n) is 14.7. The number of carbonyl (C=O) groups is 1. The number of benzene rings is 2. The van der Waals surface area contributed by atoms with Crippen LogP contribution < -0.4 is 10.1 Å². The van der Waals surface area contributed by atoms with Crippen LogP contribution in [0.5, 0.6) is 5.75 Å². The molecule has 2 amide bonds. The van der Waals surface area contributed by atoms with Crippen LogP contribution in [-0.2, 0) is 13.0 Å². The highest BCUT2D eigenvalue weighted by Gasteiger charge is 2.27. The molecule has 6 nitrogen and oxygen atoms in total. The Kier molecular flexibility index (Phi) is 4.50. The van der Waals surface area contributed by atoms with Crippen LogP contribution in [0.2, 0.25) is 0 Å². The zero-order chi connectivity index (χ0) is 18.8. The number of fused-ring (bicyclic) bond motifs is 1. The van der Waals surface area contributed by atoms with Gasteiger partial charge in [0.05, 0.1) is 13.7 Å². The monoisotopic (exact) mass is 367 g/mol. The minimum atomic E-state index is -0.339. The molecule has 2 heterocycles. The Morgan fingerprint density at radius 3 is 2.81 bits per heavy atom. The normalized spacial score (nSPS) is 13.2. The van der Waals surface area contributed by atoms with Crippen LogP contribution in [0.1, 0.15) is 11.3 Å². The minimum Gasteiger partial charge on any atom is -0.497 e. The Bertz CT molecular complexity index is 969. The lowest BCUT2D eigenvalue weighted by Crippen LogP contribution is -2.38. The van der Waals surface area contributed by atoms with E-state index in [0.717, 1.165) is 17.1 Å². The molecule has 1 N–H and O–H groups in total. The van der Waals surface area contributed by atoms with Gasteiger partial charge in [-0.3, -0.25) is 0 Å². The van der Waals surface area contributed by atoms with Crippen LogP contribution in [0.3, 0.4) is 0 Å². The number of aromatic nitrogens is 1. The van der Waals surface area contributed by atoms with E-state index in [2.05, 4.69) is 10.5 Å². The number of anilines is 1. The Morgan fingerprint density at radius 1 is 1.26 bits per heavy atom. The number of nitrogens with zero attached hydrogens (tertiary/aromatic N) is 2. The highest BCUT2D eigenvalue weighted by molar-refractivity contribution is 5.89. The Balaban J connectivity index is 1.52. The van der Waals surface area contributed by atoms with Crippen LogP contribution in [0.15, 0.2) is 53.1 Å². The summed E-state index contributed by atoms with van der Waals surface area (Å²) < 4.78 is 24.1. The van der Waals surface area contributed by atoms with Gasteiger partial charge in [-0.25, -0.2) is 9.18 Å². The number of hydrogen-bond acceptors (Lipinski definition) is 4. The number of amides is 2. The topological polar surface area (TPSA) is 67.6 Å². The third kappa shape index (κ3) is 3.48. The molecule has 0 radical (unpaired) electrons. The summed E-state index contributed by atoms with van der Waals surface area (Å²) >= 11 is 0. The number of halogens is 1. The fourth-order valence-electron chi connectivity index (χ4n) is 3.12. The van der Waals surface area contributed by atoms with E-state index >= 15 is 0 Å². The summed E-state index contributed by atoms with van der Waals surface area (Å²) in [5.41, 5.74) is 2.71. The molecule has 0 saturated carbocycles. The van der Waals surface area contributed by atoms with Gasteiger partial charge in [-0.2, -0.15) is 0 Å². The highest BCUT2D eigenvalue weighted by Crippen LogP contribution is 2.30. The molecule has 4 rings (SSSR count). The quantitative estimate of drug-likeness (QED) is 0.757. The first-order valence-corrected chi connectivity index (χ1v) is 8.57. The summed E-state index contributed by atoms with van der Waals surface area (Å²) in [6.07, 6.45) is 0.563.